The van der Waals surface area contributed by atoms with E-state index in [-0.39, 0.29) is 12.3 Å². The van der Waals surface area contributed by atoms with Gasteiger partial charge >= 0.3 is 5.97 Å². The lowest BCUT2D eigenvalue weighted by molar-refractivity contribution is -0.151. The second-order valence-electron chi connectivity index (χ2n) is 6.06. The quantitative estimate of drug-likeness (QED) is 0.714. The molecule has 0 spiro atoms. The van der Waals surface area contributed by atoms with Gasteiger partial charge in [0.05, 0.1) is 5.41 Å². The molecule has 5 heteroatoms. The van der Waals surface area contributed by atoms with Crippen LogP contribution >= 0.6 is 0 Å². The van der Waals surface area contributed by atoms with Gasteiger partial charge in [-0.1, -0.05) is 19.8 Å². The summed E-state index contributed by atoms with van der Waals surface area (Å²) in [5.74, 6) is -0.950. The number of carbonyl (C=O) groups is 2. The van der Waals surface area contributed by atoms with Crippen molar-refractivity contribution in [2.24, 2.45) is 5.41 Å². The van der Waals surface area contributed by atoms with Crippen molar-refractivity contribution < 1.29 is 14.7 Å². The van der Waals surface area contributed by atoms with Crippen LogP contribution in [-0.4, -0.2) is 48.1 Å². The van der Waals surface area contributed by atoms with Crippen LogP contribution in [0.4, 0.5) is 0 Å². The van der Waals surface area contributed by atoms with Gasteiger partial charge in [-0.2, -0.15) is 0 Å². The summed E-state index contributed by atoms with van der Waals surface area (Å²) in [7, 11) is 2.04. The number of aliphatic carboxylic acids is 1. The maximum Gasteiger partial charge on any atom is 0.310 e. The highest BCUT2D eigenvalue weighted by Crippen LogP contribution is 2.41. The lowest BCUT2D eigenvalue weighted by Gasteiger charge is -2.25. The summed E-state index contributed by atoms with van der Waals surface area (Å²) in [6.45, 7) is 5.66. The Hall–Kier alpha value is -1.10. The Bertz CT molecular complexity index is 338. The minimum absolute atomic E-state index is 0.120. The molecule has 5 nitrogen and oxygen atoms in total. The molecule has 1 rings (SSSR count). The number of carboxylic acids is 1. The molecule has 0 radical (unpaired) electrons. The number of hydrogen-bond acceptors (Lipinski definition) is 3. The van der Waals surface area contributed by atoms with E-state index in [2.05, 4.69) is 24.1 Å². The van der Waals surface area contributed by atoms with Crippen molar-refractivity contribution in [3.05, 3.63) is 0 Å². The van der Waals surface area contributed by atoms with Gasteiger partial charge in [-0.3, -0.25) is 9.59 Å². The number of nitrogens with zero attached hydrogens (tertiary/aromatic N) is 1. The molecular formula is C15H28N2O3. The first kappa shape index (κ1) is 17.0. The third kappa shape index (κ3) is 4.47. The predicted molar refractivity (Wildman–Crippen MR) is 78.5 cm³/mol. The van der Waals surface area contributed by atoms with Crippen LogP contribution in [0.15, 0.2) is 0 Å². The van der Waals surface area contributed by atoms with Crippen LogP contribution in [0.1, 0.15) is 52.4 Å². The summed E-state index contributed by atoms with van der Waals surface area (Å²) >= 11 is 0. The summed E-state index contributed by atoms with van der Waals surface area (Å²) in [4.78, 5) is 25.5. The zero-order valence-corrected chi connectivity index (χ0v) is 12.9. The molecule has 1 amide bonds. The Morgan fingerprint density at radius 1 is 1.35 bits per heavy atom. The van der Waals surface area contributed by atoms with Crippen molar-refractivity contribution in [2.75, 3.05) is 20.1 Å². The second-order valence-corrected chi connectivity index (χ2v) is 6.06. The zero-order valence-electron chi connectivity index (χ0n) is 12.9. The van der Waals surface area contributed by atoms with E-state index in [1.807, 2.05) is 7.05 Å². The molecule has 2 N–H and O–H groups in total. The fourth-order valence-corrected chi connectivity index (χ4v) is 2.79. The third-order valence-corrected chi connectivity index (χ3v) is 4.64. The van der Waals surface area contributed by atoms with Crippen LogP contribution < -0.4 is 5.32 Å². The lowest BCUT2D eigenvalue weighted by atomic mass is 9.82. The minimum Gasteiger partial charge on any atom is -0.481 e. The molecule has 1 atom stereocenters. The molecule has 0 aromatic heterocycles. The van der Waals surface area contributed by atoms with Gasteiger partial charge in [0, 0.05) is 25.6 Å². The Balaban J connectivity index is 2.34. The second kappa shape index (κ2) is 7.62. The lowest BCUT2D eigenvalue weighted by Crippen LogP contribution is -2.40. The van der Waals surface area contributed by atoms with Crippen LogP contribution in [0.5, 0.6) is 0 Å². The number of likely N-dealkylation sites (N-methyl/N-ethyl adjacent to an activating group) is 1. The van der Waals surface area contributed by atoms with Crippen molar-refractivity contribution >= 4 is 11.9 Å². The van der Waals surface area contributed by atoms with E-state index >= 15 is 0 Å². The summed E-state index contributed by atoms with van der Waals surface area (Å²) in [5, 5.41) is 12.2. The molecule has 1 fully saturated rings. The molecule has 0 aliphatic heterocycles. The van der Waals surface area contributed by atoms with E-state index in [0.29, 0.717) is 25.4 Å². The molecule has 0 saturated heterocycles. The Kier molecular flexibility index (Phi) is 6.46. The average Bonchev–Trinajstić information content (AvgIpc) is 2.87. The summed E-state index contributed by atoms with van der Waals surface area (Å²) in [5.41, 5.74) is -0.813. The van der Waals surface area contributed by atoms with Crippen LogP contribution in [-0.2, 0) is 9.59 Å². The zero-order chi connectivity index (χ0) is 15.2. The van der Waals surface area contributed by atoms with Crippen molar-refractivity contribution in [2.45, 2.75) is 58.4 Å². The van der Waals surface area contributed by atoms with E-state index < -0.39 is 11.4 Å². The first-order valence-electron chi connectivity index (χ1n) is 7.61. The van der Waals surface area contributed by atoms with Gasteiger partial charge in [0.2, 0.25) is 5.91 Å². The van der Waals surface area contributed by atoms with Crippen molar-refractivity contribution in [1.82, 2.24) is 10.2 Å². The predicted octanol–water partition coefficient (Wildman–Crippen LogP) is 1.87. The fourth-order valence-electron chi connectivity index (χ4n) is 2.79. The van der Waals surface area contributed by atoms with Gasteiger partial charge in [-0.15, -0.1) is 0 Å². The number of hydrogen-bond donors (Lipinski definition) is 2. The van der Waals surface area contributed by atoms with Gasteiger partial charge in [0.1, 0.15) is 0 Å². The van der Waals surface area contributed by atoms with Crippen molar-refractivity contribution in [1.29, 1.82) is 0 Å². The van der Waals surface area contributed by atoms with E-state index in [1.165, 1.54) is 0 Å². The van der Waals surface area contributed by atoms with Crippen molar-refractivity contribution in [3.63, 3.8) is 0 Å². The van der Waals surface area contributed by atoms with E-state index in [1.54, 1.807) is 0 Å². The minimum atomic E-state index is -0.818. The molecule has 0 aromatic carbocycles. The fraction of sp³-hybridized carbons (Fsp3) is 0.867. The van der Waals surface area contributed by atoms with Gasteiger partial charge in [0.25, 0.3) is 0 Å². The molecule has 0 aromatic rings. The molecule has 20 heavy (non-hydrogen) atoms. The largest absolute Gasteiger partial charge is 0.481 e. The Morgan fingerprint density at radius 3 is 2.45 bits per heavy atom. The first-order chi connectivity index (χ1) is 9.41. The molecule has 0 bridgehead atoms. The number of nitrogens with one attached hydrogen (secondary N) is 1. The third-order valence-electron chi connectivity index (χ3n) is 4.64. The van der Waals surface area contributed by atoms with Crippen LogP contribution in [0.2, 0.25) is 0 Å². The number of carbonyl (C=O) groups excluding carboxylic acids is 1. The number of rotatable bonds is 8. The van der Waals surface area contributed by atoms with Gasteiger partial charge in [0.15, 0.2) is 0 Å². The topological polar surface area (TPSA) is 69.6 Å². The van der Waals surface area contributed by atoms with Gasteiger partial charge < -0.3 is 15.3 Å². The van der Waals surface area contributed by atoms with Gasteiger partial charge in [-0.05, 0) is 33.2 Å². The van der Waals surface area contributed by atoms with E-state index in [0.717, 1.165) is 25.8 Å². The van der Waals surface area contributed by atoms with Crippen LogP contribution in [0.25, 0.3) is 0 Å². The highest BCUT2D eigenvalue weighted by molar-refractivity contribution is 5.85. The standard InChI is InChI=1S/C15H28N2O3/c1-4-12(2)17(3)10-9-16-13(18)11-15(14(19)20)7-5-6-8-15/h12H,4-11H2,1-3H3,(H,16,18)(H,19,20). The molecule has 1 saturated carbocycles. The molecule has 1 aliphatic rings. The first-order valence-corrected chi connectivity index (χ1v) is 7.61. The molecule has 1 unspecified atom stereocenters. The molecule has 0 heterocycles. The maximum absolute atomic E-state index is 11.9. The van der Waals surface area contributed by atoms with Crippen molar-refractivity contribution in [3.8, 4) is 0 Å². The SMILES string of the molecule is CCC(C)N(C)CCNC(=O)CC1(C(=O)O)CCCC1. The average molecular weight is 284 g/mol. The Morgan fingerprint density at radius 2 is 1.95 bits per heavy atom. The summed E-state index contributed by atoms with van der Waals surface area (Å²) < 4.78 is 0. The van der Waals surface area contributed by atoms with E-state index in [9.17, 15) is 14.7 Å². The number of carboxylic acid groups (broad SMARTS) is 1. The highest BCUT2D eigenvalue weighted by Gasteiger charge is 2.42. The van der Waals surface area contributed by atoms with Gasteiger partial charge in [-0.25, -0.2) is 0 Å². The van der Waals surface area contributed by atoms with Crippen LogP contribution in [0.3, 0.4) is 0 Å². The molecule has 116 valence electrons. The number of amides is 1. The molecular weight excluding hydrogens is 256 g/mol. The maximum atomic E-state index is 11.9. The monoisotopic (exact) mass is 284 g/mol. The Labute approximate surface area is 121 Å². The van der Waals surface area contributed by atoms with Crippen LogP contribution in [0, 0.1) is 5.41 Å². The normalized spacial score (nSPS) is 19.0. The molecule has 1 aliphatic carbocycles. The summed E-state index contributed by atoms with van der Waals surface area (Å²) in [6, 6.07) is 0.493. The highest BCUT2D eigenvalue weighted by atomic mass is 16.4. The summed E-state index contributed by atoms with van der Waals surface area (Å²) in [6.07, 6.45) is 4.28. The van der Waals surface area contributed by atoms with E-state index in [4.69, 9.17) is 0 Å². The smallest absolute Gasteiger partial charge is 0.310 e.